The molecule has 0 radical (unpaired) electrons. The first-order chi connectivity index (χ1) is 9.65. The van der Waals surface area contributed by atoms with Gasteiger partial charge in [0, 0.05) is 36.9 Å². The van der Waals surface area contributed by atoms with E-state index in [9.17, 15) is 0 Å². The Balaban J connectivity index is 1.73. The highest BCUT2D eigenvalue weighted by Gasteiger charge is 2.09. The van der Waals surface area contributed by atoms with Gasteiger partial charge in [0.15, 0.2) is 5.11 Å². The summed E-state index contributed by atoms with van der Waals surface area (Å²) in [7, 11) is 0. The number of halogens is 1. The van der Waals surface area contributed by atoms with Crippen LogP contribution in [-0.2, 0) is 4.74 Å². The lowest BCUT2D eigenvalue weighted by molar-refractivity contribution is 0.0389. The number of aryl methyl sites for hydroxylation is 1. The third kappa shape index (κ3) is 4.90. The van der Waals surface area contributed by atoms with Gasteiger partial charge in [-0.3, -0.25) is 4.90 Å². The molecule has 1 aliphatic rings. The van der Waals surface area contributed by atoms with Crippen LogP contribution in [0.15, 0.2) is 18.2 Å². The number of morpholine rings is 1. The fourth-order valence-electron chi connectivity index (χ4n) is 2.05. The molecule has 110 valence electrons. The van der Waals surface area contributed by atoms with E-state index in [1.165, 1.54) is 0 Å². The van der Waals surface area contributed by atoms with Crippen LogP contribution in [-0.4, -0.2) is 49.4 Å². The van der Waals surface area contributed by atoms with E-state index in [-0.39, 0.29) is 0 Å². The number of nitrogens with one attached hydrogen (secondary N) is 2. The molecule has 0 bridgehead atoms. The molecule has 1 aromatic carbocycles. The van der Waals surface area contributed by atoms with Gasteiger partial charge in [-0.25, -0.2) is 0 Å². The first-order valence-corrected chi connectivity index (χ1v) is 7.55. The maximum absolute atomic E-state index is 5.98. The number of rotatable bonds is 4. The summed E-state index contributed by atoms with van der Waals surface area (Å²) in [4.78, 5) is 2.36. The quantitative estimate of drug-likeness (QED) is 0.834. The predicted octanol–water partition coefficient (Wildman–Crippen LogP) is 2.27. The number of anilines is 1. The van der Waals surface area contributed by atoms with Crippen molar-refractivity contribution in [3.8, 4) is 0 Å². The Morgan fingerprint density at radius 1 is 1.40 bits per heavy atom. The summed E-state index contributed by atoms with van der Waals surface area (Å²) in [6.07, 6.45) is 0. The van der Waals surface area contributed by atoms with Gasteiger partial charge in [-0.15, -0.1) is 0 Å². The van der Waals surface area contributed by atoms with Gasteiger partial charge in [0.2, 0.25) is 0 Å². The van der Waals surface area contributed by atoms with E-state index >= 15 is 0 Å². The highest BCUT2D eigenvalue weighted by atomic mass is 35.5. The Kier molecular flexibility index (Phi) is 6.04. The number of benzene rings is 1. The van der Waals surface area contributed by atoms with Crippen molar-refractivity contribution in [3.05, 3.63) is 28.8 Å². The molecule has 0 atom stereocenters. The van der Waals surface area contributed by atoms with Crippen LogP contribution in [0.3, 0.4) is 0 Å². The van der Waals surface area contributed by atoms with Crippen LogP contribution >= 0.6 is 23.8 Å². The van der Waals surface area contributed by atoms with Gasteiger partial charge in [0.25, 0.3) is 0 Å². The number of nitrogens with zero attached hydrogens (tertiary/aromatic N) is 1. The Morgan fingerprint density at radius 3 is 2.90 bits per heavy atom. The van der Waals surface area contributed by atoms with Crippen molar-refractivity contribution in [2.24, 2.45) is 0 Å². The highest BCUT2D eigenvalue weighted by molar-refractivity contribution is 7.80. The monoisotopic (exact) mass is 313 g/mol. The topological polar surface area (TPSA) is 36.5 Å². The van der Waals surface area contributed by atoms with Crippen molar-refractivity contribution in [1.29, 1.82) is 0 Å². The molecule has 1 saturated heterocycles. The second kappa shape index (κ2) is 7.78. The summed E-state index contributed by atoms with van der Waals surface area (Å²) >= 11 is 11.3. The third-order valence-electron chi connectivity index (χ3n) is 3.27. The molecule has 0 spiro atoms. The van der Waals surface area contributed by atoms with Crippen molar-refractivity contribution in [3.63, 3.8) is 0 Å². The molecule has 0 aliphatic carbocycles. The number of hydrogen-bond acceptors (Lipinski definition) is 3. The SMILES string of the molecule is Cc1ccc(Cl)cc1NC(=S)NCCN1CCOCC1. The van der Waals surface area contributed by atoms with Crippen LogP contribution < -0.4 is 10.6 Å². The smallest absolute Gasteiger partial charge is 0.170 e. The summed E-state index contributed by atoms with van der Waals surface area (Å²) in [6, 6.07) is 5.73. The average Bonchev–Trinajstić information content (AvgIpc) is 2.44. The van der Waals surface area contributed by atoms with Gasteiger partial charge in [-0.05, 0) is 36.8 Å². The van der Waals surface area contributed by atoms with E-state index in [4.69, 9.17) is 28.6 Å². The van der Waals surface area contributed by atoms with Gasteiger partial charge >= 0.3 is 0 Å². The largest absolute Gasteiger partial charge is 0.379 e. The fourth-order valence-corrected chi connectivity index (χ4v) is 2.43. The highest BCUT2D eigenvalue weighted by Crippen LogP contribution is 2.19. The molecule has 1 heterocycles. The van der Waals surface area contributed by atoms with E-state index < -0.39 is 0 Å². The lowest BCUT2D eigenvalue weighted by Crippen LogP contribution is -2.42. The predicted molar refractivity (Wildman–Crippen MR) is 87.7 cm³/mol. The number of hydrogen-bond donors (Lipinski definition) is 2. The molecule has 0 amide bonds. The average molecular weight is 314 g/mol. The standard InChI is InChI=1S/C14H20ClN3OS/c1-11-2-3-12(15)10-13(11)17-14(20)16-4-5-18-6-8-19-9-7-18/h2-3,10H,4-9H2,1H3,(H2,16,17,20). The molecule has 1 aliphatic heterocycles. The lowest BCUT2D eigenvalue weighted by Gasteiger charge is -2.26. The van der Waals surface area contributed by atoms with Crippen LogP contribution in [0.25, 0.3) is 0 Å². The van der Waals surface area contributed by atoms with Crippen molar-refractivity contribution < 1.29 is 4.74 Å². The van der Waals surface area contributed by atoms with E-state index in [0.717, 1.165) is 50.6 Å². The van der Waals surface area contributed by atoms with Gasteiger partial charge in [-0.2, -0.15) is 0 Å². The molecule has 2 rings (SSSR count). The van der Waals surface area contributed by atoms with E-state index in [0.29, 0.717) is 10.1 Å². The molecule has 1 aromatic rings. The molecule has 20 heavy (non-hydrogen) atoms. The zero-order chi connectivity index (χ0) is 14.4. The molecule has 2 N–H and O–H groups in total. The Labute approximate surface area is 130 Å². The van der Waals surface area contributed by atoms with E-state index in [1.807, 2.05) is 25.1 Å². The van der Waals surface area contributed by atoms with Crippen molar-refractivity contribution in [2.45, 2.75) is 6.92 Å². The van der Waals surface area contributed by atoms with Crippen molar-refractivity contribution in [2.75, 3.05) is 44.7 Å². The van der Waals surface area contributed by atoms with Crippen molar-refractivity contribution >= 4 is 34.6 Å². The Morgan fingerprint density at radius 2 is 2.15 bits per heavy atom. The lowest BCUT2D eigenvalue weighted by atomic mass is 10.2. The molecular weight excluding hydrogens is 294 g/mol. The van der Waals surface area contributed by atoms with Crippen LogP contribution in [0.2, 0.25) is 5.02 Å². The zero-order valence-corrected chi connectivity index (χ0v) is 13.2. The third-order valence-corrected chi connectivity index (χ3v) is 3.75. The second-order valence-corrected chi connectivity index (χ2v) is 5.64. The van der Waals surface area contributed by atoms with Crippen molar-refractivity contribution in [1.82, 2.24) is 10.2 Å². The molecular formula is C14H20ClN3OS. The summed E-state index contributed by atoms with van der Waals surface area (Å²) in [5.41, 5.74) is 2.06. The summed E-state index contributed by atoms with van der Waals surface area (Å²) < 4.78 is 5.32. The summed E-state index contributed by atoms with van der Waals surface area (Å²) in [6.45, 7) is 7.46. The normalized spacial score (nSPS) is 15.9. The Bertz CT molecular complexity index is 464. The maximum Gasteiger partial charge on any atom is 0.170 e. The molecule has 6 heteroatoms. The first-order valence-electron chi connectivity index (χ1n) is 6.76. The fraction of sp³-hybridized carbons (Fsp3) is 0.500. The van der Waals surface area contributed by atoms with E-state index in [1.54, 1.807) is 0 Å². The molecule has 0 unspecified atom stereocenters. The van der Waals surface area contributed by atoms with Crippen LogP contribution in [0.5, 0.6) is 0 Å². The number of ether oxygens (including phenoxy) is 1. The van der Waals surface area contributed by atoms with Gasteiger partial charge in [0.1, 0.15) is 0 Å². The minimum absolute atomic E-state index is 0.628. The minimum atomic E-state index is 0.628. The van der Waals surface area contributed by atoms with E-state index in [2.05, 4.69) is 15.5 Å². The van der Waals surface area contributed by atoms with Crippen LogP contribution in [0.4, 0.5) is 5.69 Å². The number of thiocarbonyl (C=S) groups is 1. The minimum Gasteiger partial charge on any atom is -0.379 e. The molecule has 0 saturated carbocycles. The zero-order valence-electron chi connectivity index (χ0n) is 11.6. The summed E-state index contributed by atoms with van der Waals surface area (Å²) in [5.74, 6) is 0. The maximum atomic E-state index is 5.98. The van der Waals surface area contributed by atoms with Gasteiger partial charge in [-0.1, -0.05) is 17.7 Å². The summed E-state index contributed by atoms with van der Waals surface area (Å²) in [5, 5.41) is 7.73. The second-order valence-electron chi connectivity index (χ2n) is 4.79. The molecule has 1 fully saturated rings. The molecule has 0 aromatic heterocycles. The molecule has 4 nitrogen and oxygen atoms in total. The van der Waals surface area contributed by atoms with Crippen LogP contribution in [0, 0.1) is 6.92 Å². The first kappa shape index (κ1) is 15.5. The Hall–Kier alpha value is -0.880. The van der Waals surface area contributed by atoms with Crippen LogP contribution in [0.1, 0.15) is 5.56 Å². The van der Waals surface area contributed by atoms with Gasteiger partial charge < -0.3 is 15.4 Å². The van der Waals surface area contributed by atoms with Gasteiger partial charge in [0.05, 0.1) is 13.2 Å².